The van der Waals surface area contributed by atoms with Crippen molar-refractivity contribution in [2.45, 2.75) is 30.8 Å². The van der Waals surface area contributed by atoms with Crippen LogP contribution in [0.3, 0.4) is 0 Å². The van der Waals surface area contributed by atoms with Gasteiger partial charge in [-0.05, 0) is 26.9 Å². The lowest BCUT2D eigenvalue weighted by Gasteiger charge is -2.11. The van der Waals surface area contributed by atoms with E-state index in [0.717, 1.165) is 18.5 Å². The van der Waals surface area contributed by atoms with Crippen LogP contribution in [0.1, 0.15) is 24.9 Å². The smallest absolute Gasteiger partial charge is 0.244 e. The molecule has 0 aliphatic heterocycles. The topological polar surface area (TPSA) is 105 Å². The van der Waals surface area contributed by atoms with Crippen LogP contribution >= 0.6 is 0 Å². The second-order valence-corrected chi connectivity index (χ2v) is 6.48. The largest absolute Gasteiger partial charge is 0.320 e. The van der Waals surface area contributed by atoms with Gasteiger partial charge in [-0.15, -0.1) is 0 Å². The van der Waals surface area contributed by atoms with Crippen molar-refractivity contribution in [3.8, 4) is 0 Å². The molecule has 1 atom stereocenters. The summed E-state index contributed by atoms with van der Waals surface area (Å²) >= 11 is 0. The van der Waals surface area contributed by atoms with Gasteiger partial charge < -0.3 is 5.32 Å². The highest BCUT2D eigenvalue weighted by Crippen LogP contribution is 2.15. The maximum Gasteiger partial charge on any atom is 0.244 e. The standard InChI is InChI=1S/C12H20N6O2S/c1-10(11-6-14-15-7-11)17-21(19,20)12-8-16-18(9-12)5-3-4-13-2/h6-10,13,17H,3-5H2,1-2H3,(H,14,15). The van der Waals surface area contributed by atoms with Crippen molar-refractivity contribution >= 4 is 10.0 Å². The fourth-order valence-electron chi connectivity index (χ4n) is 1.89. The molecule has 0 aliphatic carbocycles. The molecule has 21 heavy (non-hydrogen) atoms. The average molecular weight is 312 g/mol. The minimum Gasteiger partial charge on any atom is -0.320 e. The van der Waals surface area contributed by atoms with Gasteiger partial charge in [0, 0.05) is 30.5 Å². The third-order valence-corrected chi connectivity index (χ3v) is 4.58. The van der Waals surface area contributed by atoms with Gasteiger partial charge >= 0.3 is 0 Å². The van der Waals surface area contributed by atoms with Crippen molar-refractivity contribution in [1.29, 1.82) is 0 Å². The summed E-state index contributed by atoms with van der Waals surface area (Å²) in [6.07, 6.45) is 7.04. The summed E-state index contributed by atoms with van der Waals surface area (Å²) in [6.45, 7) is 3.30. The third kappa shape index (κ3) is 4.13. The Kier molecular flexibility index (Phi) is 5.10. The molecule has 2 aromatic heterocycles. The van der Waals surface area contributed by atoms with Gasteiger partial charge in [0.05, 0.1) is 12.4 Å². The highest BCUT2D eigenvalue weighted by molar-refractivity contribution is 7.89. The number of hydrogen-bond donors (Lipinski definition) is 3. The zero-order valence-electron chi connectivity index (χ0n) is 12.1. The average Bonchev–Trinajstić information content (AvgIpc) is 3.10. The molecule has 8 nitrogen and oxygen atoms in total. The highest BCUT2D eigenvalue weighted by Gasteiger charge is 2.20. The summed E-state index contributed by atoms with van der Waals surface area (Å²) in [5.41, 5.74) is 0.778. The van der Waals surface area contributed by atoms with Crippen molar-refractivity contribution in [3.05, 3.63) is 30.4 Å². The van der Waals surface area contributed by atoms with Crippen molar-refractivity contribution in [1.82, 2.24) is 30.0 Å². The number of hydrogen-bond acceptors (Lipinski definition) is 5. The van der Waals surface area contributed by atoms with Gasteiger partial charge in [-0.25, -0.2) is 13.1 Å². The molecular formula is C12H20N6O2S. The Morgan fingerprint density at radius 2 is 2.24 bits per heavy atom. The minimum atomic E-state index is -3.59. The highest BCUT2D eigenvalue weighted by atomic mass is 32.2. The molecule has 0 saturated carbocycles. The van der Waals surface area contributed by atoms with Crippen LogP contribution in [0.5, 0.6) is 0 Å². The summed E-state index contributed by atoms with van der Waals surface area (Å²) in [5.74, 6) is 0. The second-order valence-electron chi connectivity index (χ2n) is 4.77. The van der Waals surface area contributed by atoms with E-state index in [2.05, 4.69) is 25.3 Å². The van der Waals surface area contributed by atoms with Gasteiger partial charge in [-0.3, -0.25) is 9.78 Å². The molecule has 2 heterocycles. The summed E-state index contributed by atoms with van der Waals surface area (Å²) in [5, 5.41) is 13.6. The molecule has 0 spiro atoms. The van der Waals surface area contributed by atoms with E-state index in [9.17, 15) is 8.42 Å². The number of aryl methyl sites for hydroxylation is 1. The van der Waals surface area contributed by atoms with E-state index in [0.29, 0.717) is 6.54 Å². The van der Waals surface area contributed by atoms with E-state index in [4.69, 9.17) is 0 Å². The van der Waals surface area contributed by atoms with Gasteiger partial charge in [0.1, 0.15) is 4.90 Å². The van der Waals surface area contributed by atoms with E-state index in [-0.39, 0.29) is 10.9 Å². The lowest BCUT2D eigenvalue weighted by atomic mass is 10.2. The van der Waals surface area contributed by atoms with Crippen molar-refractivity contribution in [2.24, 2.45) is 0 Å². The van der Waals surface area contributed by atoms with Crippen LogP contribution in [0.2, 0.25) is 0 Å². The predicted molar refractivity (Wildman–Crippen MR) is 78.1 cm³/mol. The summed E-state index contributed by atoms with van der Waals surface area (Å²) < 4.78 is 28.8. The van der Waals surface area contributed by atoms with Gasteiger partial charge in [-0.2, -0.15) is 10.2 Å². The van der Waals surface area contributed by atoms with Gasteiger partial charge in [-0.1, -0.05) is 0 Å². The number of sulfonamides is 1. The molecule has 1 unspecified atom stereocenters. The van der Waals surface area contributed by atoms with Crippen molar-refractivity contribution < 1.29 is 8.42 Å². The van der Waals surface area contributed by atoms with Crippen LogP contribution in [0, 0.1) is 0 Å². The second kappa shape index (κ2) is 6.83. The maximum absolute atomic E-state index is 12.3. The molecule has 116 valence electrons. The number of rotatable bonds is 8. The fourth-order valence-corrected chi connectivity index (χ4v) is 3.07. The Morgan fingerprint density at radius 1 is 1.43 bits per heavy atom. The van der Waals surface area contributed by atoms with Crippen LogP contribution in [0.15, 0.2) is 29.7 Å². The van der Waals surface area contributed by atoms with Crippen LogP contribution in [-0.4, -0.2) is 42.0 Å². The normalized spacial score (nSPS) is 13.4. The molecule has 2 aromatic rings. The van der Waals surface area contributed by atoms with E-state index >= 15 is 0 Å². The molecule has 2 rings (SSSR count). The number of H-pyrrole nitrogens is 1. The fraction of sp³-hybridized carbons (Fsp3) is 0.500. The molecule has 0 bridgehead atoms. The zero-order valence-corrected chi connectivity index (χ0v) is 12.9. The van der Waals surface area contributed by atoms with Crippen LogP contribution < -0.4 is 10.0 Å². The quantitative estimate of drug-likeness (QED) is 0.606. The van der Waals surface area contributed by atoms with E-state index < -0.39 is 10.0 Å². The number of aromatic nitrogens is 4. The lowest BCUT2D eigenvalue weighted by Crippen LogP contribution is -2.26. The Bertz CT molecular complexity index is 649. The van der Waals surface area contributed by atoms with Crippen LogP contribution in [0.25, 0.3) is 0 Å². The minimum absolute atomic E-state index is 0.169. The van der Waals surface area contributed by atoms with Crippen LogP contribution in [-0.2, 0) is 16.6 Å². The Hall–Kier alpha value is -1.71. The molecule has 0 aliphatic rings. The first kappa shape index (κ1) is 15.7. The number of aromatic amines is 1. The van der Waals surface area contributed by atoms with Crippen molar-refractivity contribution in [3.63, 3.8) is 0 Å². The molecular weight excluding hydrogens is 292 g/mol. The summed E-state index contributed by atoms with van der Waals surface area (Å²) in [6, 6.07) is -0.360. The molecule has 3 N–H and O–H groups in total. The summed E-state index contributed by atoms with van der Waals surface area (Å²) in [4.78, 5) is 0.169. The Morgan fingerprint density at radius 3 is 2.90 bits per heavy atom. The monoisotopic (exact) mass is 312 g/mol. The molecule has 0 aromatic carbocycles. The van der Waals surface area contributed by atoms with Gasteiger partial charge in [0.15, 0.2) is 0 Å². The molecule has 0 fully saturated rings. The summed E-state index contributed by atoms with van der Waals surface area (Å²) in [7, 11) is -1.71. The first-order chi connectivity index (χ1) is 10.0. The Labute approximate surface area is 124 Å². The maximum atomic E-state index is 12.3. The van der Waals surface area contributed by atoms with E-state index in [1.165, 1.54) is 6.20 Å². The molecule has 0 radical (unpaired) electrons. The van der Waals surface area contributed by atoms with Crippen LogP contribution in [0.4, 0.5) is 0 Å². The predicted octanol–water partition coefficient (Wildman–Crippen LogP) is 0.255. The SMILES string of the molecule is CNCCCn1cc(S(=O)(=O)NC(C)c2cn[nH]c2)cn1. The third-order valence-electron chi connectivity index (χ3n) is 3.09. The van der Waals surface area contributed by atoms with E-state index in [1.54, 1.807) is 30.2 Å². The lowest BCUT2D eigenvalue weighted by molar-refractivity contribution is 0.557. The number of nitrogens with zero attached hydrogens (tertiary/aromatic N) is 3. The van der Waals surface area contributed by atoms with Gasteiger partial charge in [0.25, 0.3) is 0 Å². The molecule has 0 amide bonds. The molecule has 9 heteroatoms. The number of nitrogens with one attached hydrogen (secondary N) is 3. The van der Waals surface area contributed by atoms with Gasteiger partial charge in [0.2, 0.25) is 10.0 Å². The molecule has 0 saturated heterocycles. The first-order valence-corrected chi connectivity index (χ1v) is 8.19. The van der Waals surface area contributed by atoms with Crippen molar-refractivity contribution in [2.75, 3.05) is 13.6 Å². The first-order valence-electron chi connectivity index (χ1n) is 6.71. The zero-order chi connectivity index (χ0) is 15.3. The van der Waals surface area contributed by atoms with E-state index in [1.807, 2.05) is 7.05 Å². The Balaban J connectivity index is 2.02.